The van der Waals surface area contributed by atoms with Crippen molar-refractivity contribution in [3.05, 3.63) is 30.5 Å². The number of carbonyl (C=O) groups excluding carboxylic acids is 1. The molecule has 138 valence electrons. The minimum absolute atomic E-state index is 0.0265. The van der Waals surface area contributed by atoms with E-state index in [-0.39, 0.29) is 6.54 Å². The molecule has 0 spiro atoms. The maximum Gasteiger partial charge on any atom is 0.410 e. The van der Waals surface area contributed by atoms with Crippen molar-refractivity contribution in [3.63, 3.8) is 0 Å². The Labute approximate surface area is 151 Å². The van der Waals surface area contributed by atoms with Crippen molar-refractivity contribution in [2.75, 3.05) is 24.5 Å². The third kappa shape index (κ3) is 3.84. The first kappa shape index (κ1) is 17.9. The van der Waals surface area contributed by atoms with Gasteiger partial charge in [0.15, 0.2) is 0 Å². The van der Waals surface area contributed by atoms with Crippen LogP contribution in [0.15, 0.2) is 30.5 Å². The molecule has 1 amide bonds. The molecule has 0 radical (unpaired) electrons. The van der Waals surface area contributed by atoms with E-state index < -0.39 is 23.7 Å². The highest BCUT2D eigenvalue weighted by Crippen LogP contribution is 2.22. The Morgan fingerprint density at radius 2 is 1.88 bits per heavy atom. The summed E-state index contributed by atoms with van der Waals surface area (Å²) in [5.41, 5.74) is 0.816. The quantitative estimate of drug-likeness (QED) is 0.878. The lowest BCUT2D eigenvalue weighted by molar-refractivity contribution is -0.139. The Hall–Kier alpha value is -2.90. The van der Waals surface area contributed by atoms with Gasteiger partial charge in [-0.3, -0.25) is 4.98 Å². The summed E-state index contributed by atoms with van der Waals surface area (Å²) in [4.78, 5) is 36.0. The number of para-hydroxylation sites is 2. The molecule has 1 fully saturated rings. The number of amides is 1. The molecule has 1 atom stereocenters. The third-order valence-electron chi connectivity index (χ3n) is 4.05. The van der Waals surface area contributed by atoms with E-state index in [0.29, 0.717) is 24.4 Å². The molecule has 1 aliphatic rings. The van der Waals surface area contributed by atoms with Gasteiger partial charge in [0.1, 0.15) is 17.5 Å². The normalized spacial score (nSPS) is 18.0. The Balaban J connectivity index is 1.82. The van der Waals surface area contributed by atoms with Crippen molar-refractivity contribution in [2.45, 2.75) is 32.4 Å². The summed E-state index contributed by atoms with van der Waals surface area (Å²) >= 11 is 0. The number of rotatable bonds is 2. The minimum atomic E-state index is -1.02. The molecule has 1 aromatic heterocycles. The van der Waals surface area contributed by atoms with Gasteiger partial charge in [-0.2, -0.15) is 0 Å². The Morgan fingerprint density at radius 3 is 2.54 bits per heavy atom. The van der Waals surface area contributed by atoms with Gasteiger partial charge >= 0.3 is 12.1 Å². The standard InChI is InChI=1S/C18H22N4O4/c1-18(2,3)26-17(25)21-8-9-22(14(11-21)16(23)24)15-10-19-12-6-4-5-7-13(12)20-15/h4-7,10,14H,8-9,11H2,1-3H3,(H,23,24). The van der Waals surface area contributed by atoms with E-state index in [9.17, 15) is 14.7 Å². The van der Waals surface area contributed by atoms with Gasteiger partial charge in [0.25, 0.3) is 0 Å². The van der Waals surface area contributed by atoms with Crippen molar-refractivity contribution in [1.29, 1.82) is 0 Å². The van der Waals surface area contributed by atoms with Gasteiger partial charge in [-0.25, -0.2) is 14.6 Å². The van der Waals surface area contributed by atoms with Gasteiger partial charge in [0, 0.05) is 13.1 Å². The van der Waals surface area contributed by atoms with E-state index in [1.165, 1.54) is 4.90 Å². The first-order valence-corrected chi connectivity index (χ1v) is 8.44. The molecule has 1 N–H and O–H groups in total. The van der Waals surface area contributed by atoms with Gasteiger partial charge in [-0.05, 0) is 32.9 Å². The lowest BCUT2D eigenvalue weighted by Gasteiger charge is -2.40. The average Bonchev–Trinajstić information content (AvgIpc) is 2.59. The number of anilines is 1. The van der Waals surface area contributed by atoms with Gasteiger partial charge in [-0.1, -0.05) is 12.1 Å². The maximum atomic E-state index is 12.3. The zero-order valence-corrected chi connectivity index (χ0v) is 15.0. The molecule has 0 bridgehead atoms. The van der Waals surface area contributed by atoms with Crippen LogP contribution in [-0.4, -0.2) is 63.3 Å². The summed E-state index contributed by atoms with van der Waals surface area (Å²) in [6, 6.07) is 6.50. The first-order valence-electron chi connectivity index (χ1n) is 8.44. The number of aromatic nitrogens is 2. The number of nitrogens with zero attached hydrogens (tertiary/aromatic N) is 4. The van der Waals surface area contributed by atoms with Crippen LogP contribution in [0.25, 0.3) is 11.0 Å². The molecule has 1 aromatic carbocycles. The highest BCUT2D eigenvalue weighted by Gasteiger charge is 2.36. The van der Waals surface area contributed by atoms with E-state index in [1.807, 2.05) is 24.3 Å². The molecule has 1 saturated heterocycles. The third-order valence-corrected chi connectivity index (χ3v) is 4.05. The Bertz CT molecular complexity index is 833. The predicted molar refractivity (Wildman–Crippen MR) is 96.1 cm³/mol. The molecule has 26 heavy (non-hydrogen) atoms. The number of hydrogen-bond donors (Lipinski definition) is 1. The van der Waals surface area contributed by atoms with Gasteiger partial charge in [0.05, 0.1) is 23.8 Å². The van der Waals surface area contributed by atoms with Crippen LogP contribution >= 0.6 is 0 Å². The number of ether oxygens (including phenoxy) is 1. The Kier molecular flexibility index (Phi) is 4.67. The molecule has 1 unspecified atom stereocenters. The molecule has 2 aromatic rings. The lowest BCUT2D eigenvalue weighted by atomic mass is 10.1. The minimum Gasteiger partial charge on any atom is -0.480 e. The fraction of sp³-hybridized carbons (Fsp3) is 0.444. The largest absolute Gasteiger partial charge is 0.480 e. The van der Waals surface area contributed by atoms with E-state index in [4.69, 9.17) is 4.74 Å². The van der Waals surface area contributed by atoms with Crippen LogP contribution in [-0.2, 0) is 9.53 Å². The summed E-state index contributed by atoms with van der Waals surface area (Å²) in [5, 5.41) is 9.65. The second-order valence-electron chi connectivity index (χ2n) is 7.19. The van der Waals surface area contributed by atoms with Gasteiger partial charge in [-0.15, -0.1) is 0 Å². The number of benzene rings is 1. The monoisotopic (exact) mass is 358 g/mol. The zero-order valence-electron chi connectivity index (χ0n) is 15.0. The average molecular weight is 358 g/mol. The predicted octanol–water partition coefficient (Wildman–Crippen LogP) is 2.14. The lowest BCUT2D eigenvalue weighted by Crippen LogP contribution is -2.58. The number of hydrogen-bond acceptors (Lipinski definition) is 6. The van der Waals surface area contributed by atoms with Crippen LogP contribution in [0.3, 0.4) is 0 Å². The van der Waals surface area contributed by atoms with E-state index in [2.05, 4.69) is 9.97 Å². The molecular weight excluding hydrogens is 336 g/mol. The maximum absolute atomic E-state index is 12.3. The molecule has 0 saturated carbocycles. The molecule has 2 heterocycles. The summed E-state index contributed by atoms with van der Waals surface area (Å²) in [6.45, 7) is 6.05. The number of fused-ring (bicyclic) bond motifs is 1. The highest BCUT2D eigenvalue weighted by atomic mass is 16.6. The molecule has 0 aliphatic carbocycles. The summed E-state index contributed by atoms with van der Waals surface area (Å²) in [7, 11) is 0. The first-order chi connectivity index (χ1) is 12.2. The second kappa shape index (κ2) is 6.78. The number of carboxylic acid groups (broad SMARTS) is 1. The van der Waals surface area contributed by atoms with Gasteiger partial charge < -0.3 is 19.6 Å². The zero-order chi connectivity index (χ0) is 18.9. The van der Waals surface area contributed by atoms with Crippen molar-refractivity contribution in [1.82, 2.24) is 14.9 Å². The van der Waals surface area contributed by atoms with Crippen LogP contribution in [0.1, 0.15) is 20.8 Å². The Morgan fingerprint density at radius 1 is 1.19 bits per heavy atom. The van der Waals surface area contributed by atoms with Crippen molar-refractivity contribution in [3.8, 4) is 0 Å². The summed E-state index contributed by atoms with van der Waals surface area (Å²) < 4.78 is 5.35. The number of carboxylic acids is 1. The van der Waals surface area contributed by atoms with Crippen LogP contribution in [0.2, 0.25) is 0 Å². The molecule has 8 heteroatoms. The molecule has 3 rings (SSSR count). The smallest absolute Gasteiger partial charge is 0.410 e. The van der Waals surface area contributed by atoms with Crippen LogP contribution in [0.5, 0.6) is 0 Å². The van der Waals surface area contributed by atoms with Crippen LogP contribution in [0, 0.1) is 0 Å². The molecule has 1 aliphatic heterocycles. The van der Waals surface area contributed by atoms with Crippen LogP contribution < -0.4 is 4.90 Å². The highest BCUT2D eigenvalue weighted by molar-refractivity contribution is 5.81. The van der Waals surface area contributed by atoms with Crippen molar-refractivity contribution >= 4 is 28.9 Å². The van der Waals surface area contributed by atoms with E-state index in [0.717, 1.165) is 5.52 Å². The second-order valence-corrected chi connectivity index (χ2v) is 7.19. The number of carbonyl (C=O) groups is 2. The number of piperazine rings is 1. The molecular formula is C18H22N4O4. The summed E-state index contributed by atoms with van der Waals surface area (Å²) in [6.07, 6.45) is 1.06. The topological polar surface area (TPSA) is 95.9 Å². The fourth-order valence-corrected chi connectivity index (χ4v) is 2.85. The molecule has 8 nitrogen and oxygen atoms in total. The van der Waals surface area contributed by atoms with Crippen molar-refractivity contribution in [2.24, 2.45) is 0 Å². The number of aliphatic carboxylic acids is 1. The van der Waals surface area contributed by atoms with Crippen LogP contribution in [0.4, 0.5) is 10.6 Å². The fourth-order valence-electron chi connectivity index (χ4n) is 2.85. The van der Waals surface area contributed by atoms with Crippen molar-refractivity contribution < 1.29 is 19.4 Å². The van der Waals surface area contributed by atoms with Gasteiger partial charge in [0.2, 0.25) is 0 Å². The van der Waals surface area contributed by atoms with E-state index in [1.54, 1.807) is 31.9 Å². The summed E-state index contributed by atoms with van der Waals surface area (Å²) in [5.74, 6) is -0.534. The SMILES string of the molecule is CC(C)(C)OC(=O)N1CCN(c2cnc3ccccc3n2)C(C(=O)O)C1. The van der Waals surface area contributed by atoms with E-state index >= 15 is 0 Å².